The number of anilines is 1. The summed E-state index contributed by atoms with van der Waals surface area (Å²) in [5, 5.41) is 1.72. The van der Waals surface area contributed by atoms with Crippen LogP contribution in [0.2, 0.25) is 0 Å². The van der Waals surface area contributed by atoms with Gasteiger partial charge in [-0.1, -0.05) is 49.3 Å². The third kappa shape index (κ3) is 5.98. The third-order valence-corrected chi connectivity index (χ3v) is 7.44. The molecule has 178 valence electrons. The van der Waals surface area contributed by atoms with E-state index < -0.39 is 5.92 Å². The maximum absolute atomic E-state index is 14.2. The Morgan fingerprint density at radius 1 is 1.27 bits per heavy atom. The summed E-state index contributed by atoms with van der Waals surface area (Å²) in [5.41, 5.74) is 2.35. The quantitative estimate of drug-likeness (QED) is 0.408. The molecular formula is C25H32F2N4OS. The lowest BCUT2D eigenvalue weighted by atomic mass is 9.89. The van der Waals surface area contributed by atoms with Crippen LogP contribution in [0.3, 0.4) is 0 Å². The van der Waals surface area contributed by atoms with Crippen molar-refractivity contribution in [3.63, 3.8) is 0 Å². The van der Waals surface area contributed by atoms with Crippen LogP contribution in [0.4, 0.5) is 13.9 Å². The molecule has 0 radical (unpaired) electrons. The van der Waals surface area contributed by atoms with Crippen LogP contribution in [0.1, 0.15) is 47.8 Å². The minimum Gasteiger partial charge on any atom is -0.361 e. The molecule has 1 unspecified atom stereocenters. The van der Waals surface area contributed by atoms with E-state index >= 15 is 0 Å². The highest BCUT2D eigenvalue weighted by Gasteiger charge is 2.36. The van der Waals surface area contributed by atoms with Crippen LogP contribution in [-0.4, -0.2) is 59.8 Å². The van der Waals surface area contributed by atoms with Crippen molar-refractivity contribution in [2.75, 3.05) is 38.1 Å². The monoisotopic (exact) mass is 474 g/mol. The molecule has 4 rings (SSSR count). The first-order chi connectivity index (χ1) is 15.8. The number of carbonyl (C=O) groups excluding carboxylic acids is 1. The minimum atomic E-state index is -2.80. The predicted octanol–water partition coefficient (Wildman–Crippen LogP) is 5.63. The number of hydrogen-bond acceptors (Lipinski definition) is 5. The second kappa shape index (κ2) is 10.3. The summed E-state index contributed by atoms with van der Waals surface area (Å²) in [4.78, 5) is 24.6. The molecule has 1 aliphatic rings. The van der Waals surface area contributed by atoms with E-state index in [2.05, 4.69) is 35.2 Å². The van der Waals surface area contributed by atoms with Crippen LogP contribution in [0.5, 0.6) is 0 Å². The number of benzene rings is 1. The Bertz CT molecular complexity index is 1080. The van der Waals surface area contributed by atoms with Crippen molar-refractivity contribution in [1.82, 2.24) is 14.9 Å². The standard InChI is InChI=1S/C25H32F2N4OS/c1-3-4-7-18(12-19-14-28-21-9-6-5-8-20(19)21)13-22(32)23-15-29-24(33-23)31-11-10-30(2)16-25(26,27)17-31/h5-6,8-9,14-15,18,28H,3-4,7,10-13,16-17H2,1-2H3. The number of aromatic amines is 1. The maximum atomic E-state index is 14.2. The zero-order chi connectivity index (χ0) is 23.4. The summed E-state index contributed by atoms with van der Waals surface area (Å²) in [6, 6.07) is 8.23. The van der Waals surface area contributed by atoms with E-state index in [0.29, 0.717) is 29.5 Å². The van der Waals surface area contributed by atoms with Crippen molar-refractivity contribution < 1.29 is 13.6 Å². The Kier molecular flexibility index (Phi) is 7.44. The lowest BCUT2D eigenvalue weighted by Crippen LogP contribution is -2.38. The number of carbonyl (C=O) groups is 1. The molecule has 2 aromatic heterocycles. The third-order valence-electron chi connectivity index (χ3n) is 6.34. The molecule has 5 nitrogen and oxygen atoms in total. The lowest BCUT2D eigenvalue weighted by molar-refractivity contribution is -0.00938. The predicted molar refractivity (Wildman–Crippen MR) is 131 cm³/mol. The number of ketones is 1. The number of thiazole rings is 1. The van der Waals surface area contributed by atoms with Crippen LogP contribution in [0.15, 0.2) is 36.7 Å². The smallest absolute Gasteiger partial charge is 0.277 e. The molecule has 3 aromatic rings. The van der Waals surface area contributed by atoms with Gasteiger partial charge in [-0.15, -0.1) is 0 Å². The zero-order valence-electron chi connectivity index (χ0n) is 19.3. The molecule has 1 atom stereocenters. The molecule has 1 N–H and O–H groups in total. The number of nitrogens with one attached hydrogen (secondary N) is 1. The fraction of sp³-hybridized carbons (Fsp3) is 0.520. The van der Waals surface area contributed by atoms with E-state index in [0.717, 1.165) is 31.2 Å². The number of fused-ring (bicyclic) bond motifs is 1. The van der Waals surface area contributed by atoms with Gasteiger partial charge in [0.1, 0.15) is 0 Å². The van der Waals surface area contributed by atoms with Gasteiger partial charge in [0.05, 0.1) is 24.2 Å². The zero-order valence-corrected chi connectivity index (χ0v) is 20.1. The summed E-state index contributed by atoms with van der Waals surface area (Å²) in [6.45, 7) is 2.56. The molecule has 3 heterocycles. The normalized spacial score (nSPS) is 17.9. The molecular weight excluding hydrogens is 442 g/mol. The largest absolute Gasteiger partial charge is 0.361 e. The average Bonchev–Trinajstić information content (AvgIpc) is 3.39. The number of halogens is 2. The van der Waals surface area contributed by atoms with E-state index in [-0.39, 0.29) is 24.8 Å². The number of rotatable bonds is 9. The molecule has 0 amide bonds. The molecule has 1 saturated heterocycles. The van der Waals surface area contributed by atoms with Gasteiger partial charge in [-0.3, -0.25) is 9.69 Å². The molecule has 1 aromatic carbocycles. The number of H-pyrrole nitrogens is 1. The van der Waals surface area contributed by atoms with Crippen LogP contribution < -0.4 is 4.90 Å². The Labute approximate surface area is 197 Å². The molecule has 0 aliphatic carbocycles. The number of hydrogen-bond donors (Lipinski definition) is 1. The van der Waals surface area contributed by atoms with E-state index in [1.54, 1.807) is 23.0 Å². The summed E-state index contributed by atoms with van der Waals surface area (Å²) >= 11 is 1.24. The summed E-state index contributed by atoms with van der Waals surface area (Å²) in [7, 11) is 1.71. The number of Topliss-reactive ketones (excluding diaryl/α,β-unsaturated/α-hetero) is 1. The van der Waals surface area contributed by atoms with Crippen molar-refractivity contribution in [1.29, 1.82) is 0 Å². The SMILES string of the molecule is CCCCC(CC(=O)c1cnc(N2CCN(C)CC(F)(F)C2)s1)Cc1c[nH]c2ccccc12. The summed E-state index contributed by atoms with van der Waals surface area (Å²) < 4.78 is 28.4. The second-order valence-electron chi connectivity index (χ2n) is 9.22. The highest BCUT2D eigenvalue weighted by Crippen LogP contribution is 2.31. The van der Waals surface area contributed by atoms with Gasteiger partial charge in [-0.2, -0.15) is 0 Å². The molecule has 8 heteroatoms. The number of alkyl halides is 2. The fourth-order valence-corrected chi connectivity index (χ4v) is 5.51. The number of aromatic nitrogens is 2. The Morgan fingerprint density at radius 2 is 2.09 bits per heavy atom. The first kappa shape index (κ1) is 23.8. The van der Waals surface area contributed by atoms with Gasteiger partial charge in [-0.05, 0) is 37.4 Å². The molecule has 0 bridgehead atoms. The molecule has 1 fully saturated rings. The second-order valence-corrected chi connectivity index (χ2v) is 10.2. The van der Waals surface area contributed by atoms with Crippen LogP contribution in [0, 0.1) is 5.92 Å². The van der Waals surface area contributed by atoms with Gasteiger partial charge in [0.2, 0.25) is 0 Å². The van der Waals surface area contributed by atoms with Crippen molar-refractivity contribution in [3.8, 4) is 0 Å². The highest BCUT2D eigenvalue weighted by molar-refractivity contribution is 7.17. The van der Waals surface area contributed by atoms with E-state index in [4.69, 9.17) is 0 Å². The lowest BCUT2D eigenvalue weighted by Gasteiger charge is -2.22. The first-order valence-corrected chi connectivity index (χ1v) is 12.5. The van der Waals surface area contributed by atoms with Gasteiger partial charge in [-0.25, -0.2) is 13.8 Å². The van der Waals surface area contributed by atoms with E-state index in [9.17, 15) is 13.6 Å². The number of nitrogens with zero attached hydrogens (tertiary/aromatic N) is 3. The number of likely N-dealkylation sites (N-methyl/N-ethyl adjacent to an activating group) is 1. The minimum absolute atomic E-state index is 0.0541. The Hall–Kier alpha value is -2.32. The van der Waals surface area contributed by atoms with Crippen molar-refractivity contribution in [2.24, 2.45) is 5.92 Å². The Balaban J connectivity index is 1.45. The summed E-state index contributed by atoms with van der Waals surface area (Å²) in [5.74, 6) is -2.51. The van der Waals surface area contributed by atoms with E-state index in [1.807, 2.05) is 12.1 Å². The van der Waals surface area contributed by atoms with Crippen LogP contribution in [0.25, 0.3) is 10.9 Å². The number of para-hydroxylation sites is 1. The maximum Gasteiger partial charge on any atom is 0.277 e. The first-order valence-electron chi connectivity index (χ1n) is 11.7. The molecule has 1 aliphatic heterocycles. The van der Waals surface area contributed by atoms with E-state index in [1.165, 1.54) is 22.3 Å². The number of unbranched alkanes of at least 4 members (excludes halogenated alkanes) is 1. The molecule has 0 spiro atoms. The average molecular weight is 475 g/mol. The van der Waals surface area contributed by atoms with Crippen molar-refractivity contribution in [2.45, 2.75) is 45.0 Å². The van der Waals surface area contributed by atoms with Crippen molar-refractivity contribution in [3.05, 3.63) is 47.1 Å². The van der Waals surface area contributed by atoms with Crippen LogP contribution in [-0.2, 0) is 6.42 Å². The van der Waals surface area contributed by atoms with Gasteiger partial charge in [0.25, 0.3) is 5.92 Å². The Morgan fingerprint density at radius 3 is 2.91 bits per heavy atom. The molecule has 0 saturated carbocycles. The van der Waals surface area contributed by atoms with Crippen LogP contribution >= 0.6 is 11.3 Å². The fourth-order valence-electron chi connectivity index (χ4n) is 4.62. The highest BCUT2D eigenvalue weighted by atomic mass is 32.1. The summed E-state index contributed by atoms with van der Waals surface area (Å²) in [6.07, 6.45) is 8.04. The van der Waals surface area contributed by atoms with Gasteiger partial charge in [0, 0.05) is 36.6 Å². The molecule has 33 heavy (non-hydrogen) atoms. The van der Waals surface area contributed by atoms with Crippen molar-refractivity contribution >= 4 is 33.2 Å². The van der Waals surface area contributed by atoms with Gasteiger partial charge < -0.3 is 9.88 Å². The topological polar surface area (TPSA) is 52.2 Å². The van der Waals surface area contributed by atoms with Gasteiger partial charge in [0.15, 0.2) is 10.9 Å². The van der Waals surface area contributed by atoms with Gasteiger partial charge >= 0.3 is 0 Å².